The molecule has 0 N–H and O–H groups in total. The normalized spacial score (nSPS) is 23.2. The van der Waals surface area contributed by atoms with Crippen molar-refractivity contribution in [3.8, 4) is 23.3 Å². The molecule has 1 amide bonds. The number of carbonyl (C=O) groups excluding carboxylic acids is 1. The number of rotatable bonds is 8. The molecule has 3 atom stereocenters. The summed E-state index contributed by atoms with van der Waals surface area (Å²) in [5.74, 6) is 0.740. The van der Waals surface area contributed by atoms with Crippen molar-refractivity contribution in [3.05, 3.63) is 29.5 Å². The lowest BCUT2D eigenvalue weighted by Gasteiger charge is -2.38. The Morgan fingerprint density at radius 2 is 1.76 bits per heavy atom. The summed E-state index contributed by atoms with van der Waals surface area (Å²) >= 11 is 6.36. The summed E-state index contributed by atoms with van der Waals surface area (Å²) in [6, 6.07) is 4.46. The molecule has 10 nitrogen and oxygen atoms in total. The number of aromatic nitrogens is 2. The van der Waals surface area contributed by atoms with Gasteiger partial charge in [0, 0.05) is 24.9 Å². The van der Waals surface area contributed by atoms with Gasteiger partial charge in [0.05, 0.1) is 28.4 Å². The Balaban J connectivity index is 1.30. The third-order valence-electron chi connectivity index (χ3n) is 6.86. The van der Waals surface area contributed by atoms with E-state index in [2.05, 4.69) is 9.97 Å². The van der Waals surface area contributed by atoms with Gasteiger partial charge in [-0.15, -0.1) is 0 Å². The third kappa shape index (κ3) is 5.29. The first kappa shape index (κ1) is 25.8. The van der Waals surface area contributed by atoms with Crippen LogP contribution in [0.5, 0.6) is 23.3 Å². The molecule has 2 aromatic rings. The zero-order valence-electron chi connectivity index (χ0n) is 20.9. The van der Waals surface area contributed by atoms with Gasteiger partial charge >= 0.3 is 6.09 Å². The van der Waals surface area contributed by atoms with Crippen molar-refractivity contribution in [2.24, 2.45) is 0 Å². The lowest BCUT2D eigenvalue weighted by molar-refractivity contribution is 0.0201. The molecule has 3 aliphatic rings. The molecular weight excluding hydrogens is 522 g/mol. The summed E-state index contributed by atoms with van der Waals surface area (Å²) in [4.78, 5) is 23.0. The number of hydrogen-bond acceptors (Lipinski definition) is 9. The largest absolute Gasteiger partial charge is 0.487 e. The first-order valence-electron chi connectivity index (χ1n) is 12.4. The van der Waals surface area contributed by atoms with Crippen molar-refractivity contribution in [1.29, 1.82) is 0 Å². The molecule has 3 fully saturated rings. The van der Waals surface area contributed by atoms with E-state index < -0.39 is 9.84 Å². The fourth-order valence-corrected chi connectivity index (χ4v) is 7.00. The van der Waals surface area contributed by atoms with Crippen molar-refractivity contribution < 1.29 is 32.2 Å². The number of hydrogen-bond donors (Lipinski definition) is 0. The van der Waals surface area contributed by atoms with Crippen LogP contribution in [-0.4, -0.2) is 66.0 Å². The van der Waals surface area contributed by atoms with Crippen molar-refractivity contribution in [2.45, 2.75) is 86.8 Å². The average molecular weight is 552 g/mol. The second-order valence-corrected chi connectivity index (χ2v) is 12.5. The predicted octanol–water partition coefficient (Wildman–Crippen LogP) is 4.79. The molecule has 5 rings (SSSR count). The highest BCUT2D eigenvalue weighted by Crippen LogP contribution is 2.43. The van der Waals surface area contributed by atoms with Gasteiger partial charge in [0.25, 0.3) is 11.8 Å². The lowest BCUT2D eigenvalue weighted by atomic mass is 10.0. The molecule has 1 aliphatic carbocycles. The number of benzene rings is 1. The van der Waals surface area contributed by atoms with Gasteiger partial charge in [-0.05, 0) is 57.7 Å². The maximum absolute atomic E-state index is 12.6. The van der Waals surface area contributed by atoms with Crippen molar-refractivity contribution in [2.75, 3.05) is 7.11 Å². The van der Waals surface area contributed by atoms with Gasteiger partial charge in [-0.2, -0.15) is 9.97 Å². The number of nitrogens with zero attached hydrogens (tertiary/aromatic N) is 3. The molecule has 1 unspecified atom stereocenters. The van der Waals surface area contributed by atoms with E-state index in [0.717, 1.165) is 12.8 Å². The number of fused-ring (bicyclic) bond motifs is 2. The van der Waals surface area contributed by atoms with E-state index in [-0.39, 0.29) is 68.8 Å². The molecule has 2 aliphatic heterocycles. The predicted molar refractivity (Wildman–Crippen MR) is 134 cm³/mol. The standard InChI is InChI=1S/C25H30ClN3O7S/c1-14(2)34-25(30)29-15-4-5-16(29)11-17(10-15)35-23-22(33-3)24(28-13-27-23)36-21-9-8-19(12-20(21)26)37(31,32)18-6-7-18/h8-9,12-18H,4-7,10-11H2,1-3H3/t15-,16?,17+/m0/s1. The van der Waals surface area contributed by atoms with Gasteiger partial charge in [-0.25, -0.2) is 13.2 Å². The minimum Gasteiger partial charge on any atom is -0.487 e. The molecule has 12 heteroatoms. The second kappa shape index (κ2) is 10.2. The molecule has 200 valence electrons. The molecule has 37 heavy (non-hydrogen) atoms. The van der Waals surface area contributed by atoms with E-state index >= 15 is 0 Å². The molecule has 2 bridgehead atoms. The van der Waals surface area contributed by atoms with Crippen LogP contribution in [0.4, 0.5) is 4.79 Å². The van der Waals surface area contributed by atoms with E-state index in [1.165, 1.54) is 31.6 Å². The molecular formula is C25H30ClN3O7S. The Labute approximate surface area is 221 Å². The van der Waals surface area contributed by atoms with Gasteiger partial charge in [0.1, 0.15) is 18.2 Å². The zero-order chi connectivity index (χ0) is 26.3. The zero-order valence-corrected chi connectivity index (χ0v) is 22.5. The minimum absolute atomic E-state index is 0.0443. The van der Waals surface area contributed by atoms with Crippen LogP contribution in [0.25, 0.3) is 0 Å². The van der Waals surface area contributed by atoms with Gasteiger partial charge in [-0.3, -0.25) is 0 Å². The molecule has 1 saturated carbocycles. The number of carbonyl (C=O) groups is 1. The summed E-state index contributed by atoms with van der Waals surface area (Å²) in [7, 11) is -1.92. The molecule has 1 aromatic heterocycles. The first-order chi connectivity index (χ1) is 17.7. The average Bonchev–Trinajstić information content (AvgIpc) is 3.66. The van der Waals surface area contributed by atoms with E-state index in [9.17, 15) is 13.2 Å². The Bertz CT molecular complexity index is 1270. The Morgan fingerprint density at radius 1 is 1.08 bits per heavy atom. The van der Waals surface area contributed by atoms with Gasteiger partial charge < -0.3 is 23.8 Å². The van der Waals surface area contributed by atoms with Crippen LogP contribution in [0.1, 0.15) is 52.4 Å². The van der Waals surface area contributed by atoms with Crippen LogP contribution in [0, 0.1) is 0 Å². The number of amides is 1. The number of sulfone groups is 1. The fourth-order valence-electron chi connectivity index (χ4n) is 5.03. The van der Waals surface area contributed by atoms with Crippen molar-refractivity contribution in [1.82, 2.24) is 14.9 Å². The molecule has 0 radical (unpaired) electrons. The van der Waals surface area contributed by atoms with Gasteiger partial charge in [-0.1, -0.05) is 11.6 Å². The minimum atomic E-state index is -3.38. The van der Waals surface area contributed by atoms with E-state index in [1.54, 1.807) is 0 Å². The topological polar surface area (TPSA) is 117 Å². The molecule has 2 saturated heterocycles. The third-order valence-corrected chi connectivity index (χ3v) is 9.42. The smallest absolute Gasteiger partial charge is 0.410 e. The number of methoxy groups -OCH3 is 1. The van der Waals surface area contributed by atoms with Crippen LogP contribution in [0.3, 0.4) is 0 Å². The summed E-state index contributed by atoms with van der Waals surface area (Å²) in [5.41, 5.74) is 0. The molecule has 3 heterocycles. The quantitative estimate of drug-likeness (QED) is 0.456. The van der Waals surface area contributed by atoms with Gasteiger partial charge in [0.2, 0.25) is 5.75 Å². The van der Waals surface area contributed by atoms with Crippen molar-refractivity contribution >= 4 is 27.5 Å². The first-order valence-corrected chi connectivity index (χ1v) is 14.4. The Kier molecular flexibility index (Phi) is 7.10. The van der Waals surface area contributed by atoms with E-state index in [1.807, 2.05) is 18.7 Å². The summed E-state index contributed by atoms with van der Waals surface area (Å²) in [6.45, 7) is 3.68. The van der Waals surface area contributed by atoms with E-state index in [4.69, 9.17) is 30.5 Å². The summed E-state index contributed by atoms with van der Waals surface area (Å²) in [6.07, 6.45) is 5.12. The van der Waals surface area contributed by atoms with Crippen molar-refractivity contribution in [3.63, 3.8) is 0 Å². The molecule has 1 aromatic carbocycles. The lowest BCUT2D eigenvalue weighted by Crippen LogP contribution is -2.49. The van der Waals surface area contributed by atoms with Crippen LogP contribution < -0.4 is 14.2 Å². The Hall–Kier alpha value is -2.79. The number of ether oxygens (including phenoxy) is 4. The highest BCUT2D eigenvalue weighted by Gasteiger charge is 2.45. The number of piperidine rings is 1. The van der Waals surface area contributed by atoms with Crippen LogP contribution in [0.2, 0.25) is 5.02 Å². The summed E-state index contributed by atoms with van der Waals surface area (Å²) < 4.78 is 48.1. The summed E-state index contributed by atoms with van der Waals surface area (Å²) in [5, 5.41) is -0.193. The maximum Gasteiger partial charge on any atom is 0.410 e. The highest BCUT2D eigenvalue weighted by molar-refractivity contribution is 7.92. The number of halogens is 1. The van der Waals surface area contributed by atoms with Crippen LogP contribution in [-0.2, 0) is 14.6 Å². The van der Waals surface area contributed by atoms with Gasteiger partial charge in [0.15, 0.2) is 9.84 Å². The van der Waals surface area contributed by atoms with E-state index in [0.29, 0.717) is 25.7 Å². The Morgan fingerprint density at radius 3 is 2.35 bits per heavy atom. The monoisotopic (exact) mass is 551 g/mol. The molecule has 0 spiro atoms. The maximum atomic E-state index is 12.6. The second-order valence-electron chi connectivity index (χ2n) is 9.89. The van der Waals surface area contributed by atoms with Crippen LogP contribution in [0.15, 0.2) is 29.4 Å². The highest BCUT2D eigenvalue weighted by atomic mass is 35.5. The fraction of sp³-hybridized carbons (Fsp3) is 0.560. The SMILES string of the molecule is COc1c(Oc2ccc(S(=O)(=O)C3CC3)cc2Cl)ncnc1O[C@H]1CC2CC[C@@H](C1)N2C(=O)OC(C)C. The van der Waals surface area contributed by atoms with Crippen LogP contribution >= 0.6 is 11.6 Å².